The van der Waals surface area contributed by atoms with Gasteiger partial charge in [0.05, 0.1) is 41.7 Å². The molecular weight excluding hydrogens is 580 g/mol. The van der Waals surface area contributed by atoms with Gasteiger partial charge in [0.1, 0.15) is 28.9 Å². The van der Waals surface area contributed by atoms with Gasteiger partial charge in [0, 0.05) is 37.0 Å². The lowest BCUT2D eigenvalue weighted by molar-refractivity contribution is -0.126. The molecule has 1 saturated carbocycles. The number of pyridine rings is 2. The molecule has 7 rings (SSSR count). The highest BCUT2D eigenvalue weighted by molar-refractivity contribution is 5.92. The van der Waals surface area contributed by atoms with Crippen molar-refractivity contribution in [2.75, 3.05) is 36.5 Å². The number of hydrogen-bond donors (Lipinski definition) is 1. The highest BCUT2D eigenvalue weighted by atomic mass is 19.1. The summed E-state index contributed by atoms with van der Waals surface area (Å²) in [6, 6.07) is 7.27. The summed E-state index contributed by atoms with van der Waals surface area (Å²) >= 11 is 0. The number of aromatic nitrogens is 4. The van der Waals surface area contributed by atoms with E-state index in [2.05, 4.69) is 21.9 Å². The van der Waals surface area contributed by atoms with Gasteiger partial charge in [-0.1, -0.05) is 20.4 Å². The van der Waals surface area contributed by atoms with Crippen LogP contribution in [0.25, 0.3) is 28.0 Å². The van der Waals surface area contributed by atoms with Gasteiger partial charge in [-0.25, -0.2) is 23.1 Å². The van der Waals surface area contributed by atoms with E-state index in [9.17, 15) is 9.59 Å². The van der Waals surface area contributed by atoms with Crippen LogP contribution in [0.3, 0.4) is 0 Å². The van der Waals surface area contributed by atoms with Crippen molar-refractivity contribution in [3.63, 3.8) is 0 Å². The van der Waals surface area contributed by atoms with Crippen LogP contribution in [0, 0.1) is 11.6 Å². The number of nitrogens with one attached hydrogen (secondary N) is 1. The second kappa shape index (κ2) is 11.2. The topological polar surface area (TPSA) is 105 Å². The zero-order valence-electron chi connectivity index (χ0n) is 25.1. The standard InChI is InChI=1S/C33H33F2N7O3/c1-4-28(43)40-10-11-41(26-16-25(26)40)31-22-15-24(35)30-21-13-19(7-8-23(21)34)36-9-5-6-12-45-20-14-27(29(18(2)3)37-17-20)42(32(22)38-30)33(44)39-31/h4,7-8,13-15,17-18,25-26,36H,1,5-6,9-12,16H2,2-3H3. The van der Waals surface area contributed by atoms with E-state index in [0.717, 1.165) is 12.8 Å². The summed E-state index contributed by atoms with van der Waals surface area (Å²) < 4.78 is 38.8. The van der Waals surface area contributed by atoms with Gasteiger partial charge in [-0.3, -0.25) is 9.78 Å². The molecule has 3 aromatic heterocycles. The fourth-order valence-electron chi connectivity index (χ4n) is 6.38. The first-order valence-corrected chi connectivity index (χ1v) is 15.2. The van der Waals surface area contributed by atoms with E-state index in [1.54, 1.807) is 23.2 Å². The van der Waals surface area contributed by atoms with Gasteiger partial charge >= 0.3 is 5.69 Å². The molecule has 2 atom stereocenters. The molecule has 0 spiro atoms. The molecule has 10 nitrogen and oxygen atoms in total. The number of hydrogen-bond acceptors (Lipinski definition) is 8. The highest BCUT2D eigenvalue weighted by Gasteiger charge is 2.51. The number of halogens is 2. The van der Waals surface area contributed by atoms with E-state index >= 15 is 8.78 Å². The first kappa shape index (κ1) is 28.9. The molecule has 1 saturated heterocycles. The van der Waals surface area contributed by atoms with E-state index in [4.69, 9.17) is 9.72 Å². The van der Waals surface area contributed by atoms with Crippen LogP contribution in [0.2, 0.25) is 0 Å². The molecule has 2 unspecified atom stereocenters. The average Bonchev–Trinajstić information content (AvgIpc) is 3.83. The second-order valence-electron chi connectivity index (χ2n) is 11.9. The molecule has 2 fully saturated rings. The lowest BCUT2D eigenvalue weighted by Crippen LogP contribution is -2.49. The Labute approximate surface area is 258 Å². The Balaban J connectivity index is 1.49. The minimum atomic E-state index is -0.750. The summed E-state index contributed by atoms with van der Waals surface area (Å²) in [7, 11) is 0. The molecule has 2 aliphatic heterocycles. The fraction of sp³-hybridized carbons (Fsp3) is 0.364. The summed E-state index contributed by atoms with van der Waals surface area (Å²) in [4.78, 5) is 44.1. The van der Waals surface area contributed by atoms with Crippen molar-refractivity contribution in [1.82, 2.24) is 24.4 Å². The zero-order chi connectivity index (χ0) is 31.4. The monoisotopic (exact) mass is 613 g/mol. The van der Waals surface area contributed by atoms with E-state index in [1.165, 1.54) is 28.8 Å². The van der Waals surface area contributed by atoms with Gasteiger partial charge in [-0.05, 0) is 55.5 Å². The van der Waals surface area contributed by atoms with Crippen LogP contribution in [0.1, 0.15) is 44.7 Å². The van der Waals surface area contributed by atoms with Crippen molar-refractivity contribution in [2.45, 2.75) is 51.1 Å². The van der Waals surface area contributed by atoms with Gasteiger partial charge in [-0.2, -0.15) is 4.98 Å². The van der Waals surface area contributed by atoms with Gasteiger partial charge in [0.15, 0.2) is 5.65 Å². The van der Waals surface area contributed by atoms with E-state index in [-0.39, 0.29) is 46.6 Å². The molecule has 1 N–H and O–H groups in total. The van der Waals surface area contributed by atoms with Gasteiger partial charge < -0.3 is 19.9 Å². The van der Waals surface area contributed by atoms with Crippen LogP contribution in [-0.4, -0.2) is 68.7 Å². The van der Waals surface area contributed by atoms with Crippen LogP contribution in [0.15, 0.2) is 54.0 Å². The SMILES string of the molecule is C=CC(=O)N1CCN(c2nc(=O)n3c4nc(c(F)cc24)-c2cc(ccc2F)NCCCCOc2cnc(C(C)C)c-3c2)C2CC21. The van der Waals surface area contributed by atoms with E-state index in [0.29, 0.717) is 60.9 Å². The Morgan fingerprint density at radius 1 is 1.11 bits per heavy atom. The van der Waals surface area contributed by atoms with Crippen molar-refractivity contribution in [2.24, 2.45) is 0 Å². The fourth-order valence-corrected chi connectivity index (χ4v) is 6.38. The molecule has 12 heteroatoms. The summed E-state index contributed by atoms with van der Waals surface area (Å²) in [5, 5.41) is 3.56. The minimum absolute atomic E-state index is 0.0260. The maximum absolute atomic E-state index is 16.1. The third-order valence-corrected chi connectivity index (χ3v) is 8.69. The molecule has 3 aliphatic rings. The van der Waals surface area contributed by atoms with E-state index in [1.807, 2.05) is 18.7 Å². The first-order chi connectivity index (χ1) is 21.7. The maximum Gasteiger partial charge on any atom is 0.355 e. The highest BCUT2D eigenvalue weighted by Crippen LogP contribution is 2.42. The predicted octanol–water partition coefficient (Wildman–Crippen LogP) is 4.80. The number of carbonyl (C=O) groups excluding carboxylic acids is 1. The number of piperazine rings is 1. The van der Waals surface area contributed by atoms with Gasteiger partial charge in [-0.15, -0.1) is 0 Å². The second-order valence-corrected chi connectivity index (χ2v) is 11.9. The average molecular weight is 614 g/mol. The first-order valence-electron chi connectivity index (χ1n) is 15.2. The van der Waals surface area contributed by atoms with Crippen LogP contribution in [0.5, 0.6) is 5.75 Å². The number of rotatable bonds is 3. The maximum atomic E-state index is 16.1. The van der Waals surface area contributed by atoms with Crippen molar-refractivity contribution < 1.29 is 18.3 Å². The number of nitrogens with zero attached hydrogens (tertiary/aromatic N) is 6. The smallest absolute Gasteiger partial charge is 0.355 e. The number of carbonyl (C=O) groups is 1. The Morgan fingerprint density at radius 2 is 1.96 bits per heavy atom. The largest absolute Gasteiger partial charge is 0.492 e. The predicted molar refractivity (Wildman–Crippen MR) is 167 cm³/mol. The molecule has 6 bridgehead atoms. The Hall–Kier alpha value is -4.87. The Bertz CT molecular complexity index is 1910. The third kappa shape index (κ3) is 5.07. The van der Waals surface area contributed by atoms with Crippen LogP contribution in [-0.2, 0) is 4.79 Å². The summed E-state index contributed by atoms with van der Waals surface area (Å²) in [6.45, 7) is 9.35. The quantitative estimate of drug-likeness (QED) is 0.329. The molecule has 0 radical (unpaired) electrons. The summed E-state index contributed by atoms with van der Waals surface area (Å²) in [6.07, 6.45) is 5.14. The summed E-state index contributed by atoms with van der Waals surface area (Å²) in [5.74, 6) is -0.884. The number of ether oxygens (including phenoxy) is 1. The Morgan fingerprint density at radius 3 is 2.76 bits per heavy atom. The number of anilines is 2. The third-order valence-electron chi connectivity index (χ3n) is 8.69. The number of fused-ring (bicyclic) bond motifs is 8. The van der Waals surface area contributed by atoms with Crippen LogP contribution >= 0.6 is 0 Å². The van der Waals surface area contributed by atoms with Gasteiger partial charge in [0.2, 0.25) is 5.91 Å². The molecular formula is C33H33F2N7O3. The molecule has 5 heterocycles. The number of benzene rings is 1. The van der Waals surface area contributed by atoms with Crippen molar-refractivity contribution in [3.8, 4) is 22.7 Å². The molecule has 1 amide bonds. The normalized spacial score (nSPS) is 19.2. The number of amides is 1. The van der Waals surface area contributed by atoms with Crippen molar-refractivity contribution in [3.05, 3.63) is 77.0 Å². The zero-order valence-corrected chi connectivity index (χ0v) is 25.1. The molecule has 4 aromatic rings. The Kier molecular flexibility index (Phi) is 7.22. The van der Waals surface area contributed by atoms with Crippen molar-refractivity contribution in [1.29, 1.82) is 0 Å². The van der Waals surface area contributed by atoms with Crippen LogP contribution in [0.4, 0.5) is 20.3 Å². The summed E-state index contributed by atoms with van der Waals surface area (Å²) in [5.41, 5.74) is 0.869. The van der Waals surface area contributed by atoms with Gasteiger partial charge in [0.25, 0.3) is 0 Å². The minimum Gasteiger partial charge on any atom is -0.492 e. The molecule has 45 heavy (non-hydrogen) atoms. The lowest BCUT2D eigenvalue weighted by Gasteiger charge is -2.35. The van der Waals surface area contributed by atoms with E-state index < -0.39 is 17.3 Å². The molecule has 232 valence electrons. The van der Waals surface area contributed by atoms with Crippen molar-refractivity contribution >= 4 is 28.4 Å². The molecule has 1 aromatic carbocycles. The molecule has 1 aliphatic carbocycles. The van der Waals surface area contributed by atoms with Crippen LogP contribution < -0.4 is 20.6 Å². The lowest BCUT2D eigenvalue weighted by atomic mass is 10.1.